The van der Waals surface area contributed by atoms with Gasteiger partial charge in [0, 0.05) is 5.69 Å². The summed E-state index contributed by atoms with van der Waals surface area (Å²) in [7, 11) is 0. The Kier molecular flexibility index (Phi) is 5.35. The zero-order chi connectivity index (χ0) is 22.3. The number of halogens is 3. The van der Waals surface area contributed by atoms with Crippen LogP contribution in [0.2, 0.25) is 5.02 Å². The number of anilines is 3. The van der Waals surface area contributed by atoms with E-state index >= 15 is 0 Å². The van der Waals surface area contributed by atoms with E-state index in [0.29, 0.717) is 12.1 Å². The summed E-state index contributed by atoms with van der Waals surface area (Å²) in [5, 5.41) is 15.8. The van der Waals surface area contributed by atoms with Gasteiger partial charge in [0.25, 0.3) is 0 Å². The van der Waals surface area contributed by atoms with Gasteiger partial charge in [0.1, 0.15) is 11.6 Å². The van der Waals surface area contributed by atoms with E-state index in [4.69, 9.17) is 11.6 Å². The van der Waals surface area contributed by atoms with Crippen molar-refractivity contribution >= 4 is 34.6 Å². The summed E-state index contributed by atoms with van der Waals surface area (Å²) in [4.78, 5) is 11.3. The van der Waals surface area contributed by atoms with Gasteiger partial charge in [-0.1, -0.05) is 31.5 Å². The molecule has 0 fully saturated rings. The maximum atomic E-state index is 14.5. The molecule has 0 bridgehead atoms. The molecular formula is C24H21ClF2N2O2. The third-order valence-electron chi connectivity index (χ3n) is 5.60. The van der Waals surface area contributed by atoms with Crippen molar-refractivity contribution in [2.45, 2.75) is 26.3 Å². The van der Waals surface area contributed by atoms with E-state index in [1.54, 1.807) is 30.3 Å². The molecule has 0 spiro atoms. The molecule has 1 aliphatic heterocycles. The molecule has 31 heavy (non-hydrogen) atoms. The SMILES string of the molecule is CC1(C)Cc2cc(C(=O)O)ccc2NC1c1ccc(F)c(Nc2ccc(F)cc2Cl)c1. The first-order chi connectivity index (χ1) is 14.6. The monoisotopic (exact) mass is 442 g/mol. The minimum atomic E-state index is -0.962. The molecule has 0 aliphatic carbocycles. The Balaban J connectivity index is 1.67. The van der Waals surface area contributed by atoms with Gasteiger partial charge in [0.15, 0.2) is 0 Å². The molecule has 0 aromatic heterocycles. The molecule has 3 aromatic rings. The third kappa shape index (κ3) is 4.21. The minimum absolute atomic E-state index is 0.138. The Hall–Kier alpha value is -3.12. The summed E-state index contributed by atoms with van der Waals surface area (Å²) in [5.41, 5.74) is 3.26. The van der Waals surface area contributed by atoms with Gasteiger partial charge in [-0.2, -0.15) is 0 Å². The van der Waals surface area contributed by atoms with Crippen LogP contribution in [0.15, 0.2) is 54.6 Å². The number of hydrogen-bond donors (Lipinski definition) is 3. The number of carboxylic acids is 1. The lowest BCUT2D eigenvalue weighted by atomic mass is 9.72. The fourth-order valence-electron chi connectivity index (χ4n) is 4.05. The van der Waals surface area contributed by atoms with Gasteiger partial charge in [0.2, 0.25) is 0 Å². The molecule has 0 radical (unpaired) electrons. The van der Waals surface area contributed by atoms with E-state index in [-0.39, 0.29) is 27.7 Å². The minimum Gasteiger partial charge on any atom is -0.478 e. The van der Waals surface area contributed by atoms with Gasteiger partial charge < -0.3 is 15.7 Å². The number of fused-ring (bicyclic) bond motifs is 1. The second-order valence-corrected chi connectivity index (χ2v) is 8.82. The third-order valence-corrected chi connectivity index (χ3v) is 5.92. The molecule has 1 heterocycles. The molecule has 0 saturated heterocycles. The van der Waals surface area contributed by atoms with Gasteiger partial charge in [0.05, 0.1) is 28.0 Å². The first-order valence-electron chi connectivity index (χ1n) is 9.78. The maximum Gasteiger partial charge on any atom is 0.335 e. The van der Waals surface area contributed by atoms with Crippen LogP contribution in [0.1, 0.15) is 41.4 Å². The van der Waals surface area contributed by atoms with Crippen LogP contribution >= 0.6 is 11.6 Å². The predicted molar refractivity (Wildman–Crippen MR) is 118 cm³/mol. The van der Waals surface area contributed by atoms with Gasteiger partial charge in [-0.05, 0) is 71.5 Å². The largest absolute Gasteiger partial charge is 0.478 e. The second-order valence-electron chi connectivity index (χ2n) is 8.41. The van der Waals surface area contributed by atoms with Crippen molar-refractivity contribution < 1.29 is 18.7 Å². The molecule has 7 heteroatoms. The molecule has 0 amide bonds. The number of benzene rings is 3. The van der Waals surface area contributed by atoms with Crippen molar-refractivity contribution in [1.29, 1.82) is 0 Å². The van der Waals surface area contributed by atoms with Crippen molar-refractivity contribution in [3.05, 3.63) is 87.9 Å². The van der Waals surface area contributed by atoms with Crippen LogP contribution in [-0.4, -0.2) is 11.1 Å². The number of carbonyl (C=O) groups is 1. The van der Waals surface area contributed by atoms with E-state index in [9.17, 15) is 18.7 Å². The fourth-order valence-corrected chi connectivity index (χ4v) is 4.26. The zero-order valence-electron chi connectivity index (χ0n) is 17.0. The molecule has 1 atom stereocenters. The van der Waals surface area contributed by atoms with Crippen molar-refractivity contribution in [2.75, 3.05) is 10.6 Å². The van der Waals surface area contributed by atoms with Crippen LogP contribution < -0.4 is 10.6 Å². The van der Waals surface area contributed by atoms with Gasteiger partial charge in [-0.3, -0.25) is 0 Å². The van der Waals surface area contributed by atoms with Crippen molar-refractivity contribution in [1.82, 2.24) is 0 Å². The van der Waals surface area contributed by atoms with Gasteiger partial charge in [-0.15, -0.1) is 0 Å². The lowest BCUT2D eigenvalue weighted by Gasteiger charge is -2.41. The lowest BCUT2D eigenvalue weighted by molar-refractivity contribution is 0.0696. The normalized spacial score (nSPS) is 16.9. The topological polar surface area (TPSA) is 61.4 Å². The predicted octanol–water partition coefficient (Wildman–Crippen LogP) is 6.80. The van der Waals surface area contributed by atoms with E-state index in [2.05, 4.69) is 24.5 Å². The molecule has 1 aliphatic rings. The molecule has 3 N–H and O–H groups in total. The van der Waals surface area contributed by atoms with Crippen LogP contribution in [-0.2, 0) is 6.42 Å². The van der Waals surface area contributed by atoms with E-state index < -0.39 is 17.6 Å². The zero-order valence-corrected chi connectivity index (χ0v) is 17.7. The number of aromatic carboxylic acids is 1. The molecule has 0 saturated carbocycles. The van der Waals surface area contributed by atoms with Gasteiger partial charge >= 0.3 is 5.97 Å². The summed E-state index contributed by atoms with van der Waals surface area (Å²) < 4.78 is 27.9. The van der Waals surface area contributed by atoms with E-state index in [0.717, 1.165) is 16.8 Å². The quantitative estimate of drug-likeness (QED) is 0.416. The molecule has 160 valence electrons. The summed E-state index contributed by atoms with van der Waals surface area (Å²) in [6.07, 6.45) is 0.658. The van der Waals surface area contributed by atoms with Crippen LogP contribution in [0.5, 0.6) is 0 Å². The summed E-state index contributed by atoms with van der Waals surface area (Å²) in [6, 6.07) is 13.6. The highest BCUT2D eigenvalue weighted by Crippen LogP contribution is 2.45. The highest BCUT2D eigenvalue weighted by Gasteiger charge is 2.36. The Morgan fingerprint density at radius 3 is 2.58 bits per heavy atom. The average Bonchev–Trinajstić information content (AvgIpc) is 2.70. The molecule has 3 aromatic carbocycles. The molecule has 4 nitrogen and oxygen atoms in total. The van der Waals surface area contributed by atoms with Crippen LogP contribution in [0, 0.1) is 17.0 Å². The van der Waals surface area contributed by atoms with E-state index in [1.807, 2.05) is 0 Å². The fraction of sp³-hybridized carbons (Fsp3) is 0.208. The second kappa shape index (κ2) is 7.85. The first-order valence-corrected chi connectivity index (χ1v) is 10.2. The molecular weight excluding hydrogens is 422 g/mol. The number of carboxylic acid groups (broad SMARTS) is 1. The van der Waals surface area contributed by atoms with Crippen molar-refractivity contribution in [3.63, 3.8) is 0 Å². The summed E-state index contributed by atoms with van der Waals surface area (Å²) in [5.74, 6) is -1.89. The smallest absolute Gasteiger partial charge is 0.335 e. The van der Waals surface area contributed by atoms with Gasteiger partial charge in [-0.25, -0.2) is 13.6 Å². The van der Waals surface area contributed by atoms with Crippen LogP contribution in [0.4, 0.5) is 25.8 Å². The van der Waals surface area contributed by atoms with E-state index in [1.165, 1.54) is 24.3 Å². The lowest BCUT2D eigenvalue weighted by Crippen LogP contribution is -2.35. The summed E-state index contributed by atoms with van der Waals surface area (Å²) >= 11 is 6.08. The Bertz CT molecular complexity index is 1180. The highest BCUT2D eigenvalue weighted by atomic mass is 35.5. The Morgan fingerprint density at radius 1 is 1.10 bits per heavy atom. The highest BCUT2D eigenvalue weighted by molar-refractivity contribution is 6.33. The average molecular weight is 443 g/mol. The molecule has 4 rings (SSSR count). The Morgan fingerprint density at radius 2 is 1.87 bits per heavy atom. The summed E-state index contributed by atoms with van der Waals surface area (Å²) in [6.45, 7) is 4.16. The number of hydrogen-bond acceptors (Lipinski definition) is 3. The van der Waals surface area contributed by atoms with Crippen LogP contribution in [0.25, 0.3) is 0 Å². The molecule has 1 unspecified atom stereocenters. The maximum absolute atomic E-state index is 14.5. The van der Waals surface area contributed by atoms with Crippen molar-refractivity contribution in [2.24, 2.45) is 5.41 Å². The number of rotatable bonds is 4. The number of nitrogens with one attached hydrogen (secondary N) is 2. The standard InChI is InChI=1S/C24H21ClF2N2O2/c1-24(2)12-15-9-14(23(30)31)4-7-19(15)29-22(24)13-3-6-18(27)21(10-13)28-20-8-5-16(26)11-17(20)25/h3-11,22,28-29H,12H2,1-2H3,(H,30,31). The Labute approximate surface area is 183 Å². The van der Waals surface area contributed by atoms with Crippen molar-refractivity contribution in [3.8, 4) is 0 Å². The van der Waals surface area contributed by atoms with Crippen LogP contribution in [0.3, 0.4) is 0 Å². The first kappa shape index (κ1) is 21.1.